The molecule has 19 heavy (non-hydrogen) atoms. The molecular weight excluding hydrogens is 238 g/mol. The third-order valence-corrected chi connectivity index (χ3v) is 3.81. The largest absolute Gasteiger partial charge is 0.384 e. The minimum atomic E-state index is -0.00884. The van der Waals surface area contributed by atoms with E-state index in [0.717, 1.165) is 25.1 Å². The molecule has 1 saturated carbocycles. The fraction of sp³-hybridized carbons (Fsp3) is 0.600. The summed E-state index contributed by atoms with van der Waals surface area (Å²) in [7, 11) is 0. The van der Waals surface area contributed by atoms with E-state index in [-0.39, 0.29) is 5.91 Å². The van der Waals surface area contributed by atoms with Crippen LogP contribution in [-0.2, 0) is 0 Å². The highest BCUT2D eigenvalue weighted by atomic mass is 16.1. The van der Waals surface area contributed by atoms with Crippen molar-refractivity contribution in [2.24, 2.45) is 5.92 Å². The van der Waals surface area contributed by atoms with Gasteiger partial charge in [-0.2, -0.15) is 0 Å². The molecule has 1 aromatic rings. The van der Waals surface area contributed by atoms with E-state index in [2.05, 4.69) is 29.5 Å². The molecule has 0 spiro atoms. The number of carbonyl (C=O) groups is 1. The van der Waals surface area contributed by atoms with Gasteiger partial charge >= 0.3 is 0 Å². The Morgan fingerprint density at radius 1 is 1.47 bits per heavy atom. The molecule has 4 heteroatoms. The lowest BCUT2D eigenvalue weighted by atomic mass is 10.1. The minimum absolute atomic E-state index is 0.00884. The lowest BCUT2D eigenvalue weighted by molar-refractivity contribution is 0.0930. The van der Waals surface area contributed by atoms with Gasteiger partial charge in [-0.15, -0.1) is 0 Å². The van der Waals surface area contributed by atoms with Crippen LogP contribution in [0.3, 0.4) is 0 Å². The first-order valence-electron chi connectivity index (χ1n) is 7.21. The SMILES string of the molecule is CCCNc1ccncc1C(=O)NC1CCCC1C. The van der Waals surface area contributed by atoms with Crippen LogP contribution in [0, 0.1) is 5.92 Å². The number of aromatic nitrogens is 1. The van der Waals surface area contributed by atoms with E-state index in [1.54, 1.807) is 12.4 Å². The van der Waals surface area contributed by atoms with E-state index in [4.69, 9.17) is 0 Å². The zero-order valence-corrected chi connectivity index (χ0v) is 11.8. The summed E-state index contributed by atoms with van der Waals surface area (Å²) in [4.78, 5) is 16.4. The first kappa shape index (κ1) is 13.8. The second kappa shape index (κ2) is 6.55. The standard InChI is InChI=1S/C15H23N3O/c1-3-8-17-14-7-9-16-10-12(14)15(19)18-13-6-4-5-11(13)2/h7,9-11,13H,3-6,8H2,1-2H3,(H,16,17)(H,18,19). The third-order valence-electron chi connectivity index (χ3n) is 3.81. The van der Waals surface area contributed by atoms with Gasteiger partial charge in [0.05, 0.1) is 11.3 Å². The van der Waals surface area contributed by atoms with Crippen molar-refractivity contribution < 1.29 is 4.79 Å². The van der Waals surface area contributed by atoms with E-state index in [9.17, 15) is 4.79 Å². The molecule has 0 bridgehead atoms. The van der Waals surface area contributed by atoms with Crippen LogP contribution in [0.4, 0.5) is 5.69 Å². The highest BCUT2D eigenvalue weighted by molar-refractivity contribution is 5.99. The van der Waals surface area contributed by atoms with E-state index < -0.39 is 0 Å². The molecule has 1 aliphatic carbocycles. The summed E-state index contributed by atoms with van der Waals surface area (Å²) in [6.45, 7) is 5.18. The van der Waals surface area contributed by atoms with Crippen LogP contribution in [0.25, 0.3) is 0 Å². The molecule has 0 aromatic carbocycles. The lowest BCUT2D eigenvalue weighted by Gasteiger charge is -2.18. The normalized spacial score (nSPS) is 22.2. The molecule has 1 fully saturated rings. The predicted octanol–water partition coefficient (Wildman–Crippen LogP) is 2.82. The van der Waals surface area contributed by atoms with Gasteiger partial charge in [-0.3, -0.25) is 9.78 Å². The van der Waals surface area contributed by atoms with Gasteiger partial charge in [-0.1, -0.05) is 20.3 Å². The lowest BCUT2D eigenvalue weighted by Crippen LogP contribution is -2.36. The summed E-state index contributed by atoms with van der Waals surface area (Å²) in [5, 5.41) is 6.42. The van der Waals surface area contributed by atoms with Crippen LogP contribution in [0.15, 0.2) is 18.5 Å². The third kappa shape index (κ3) is 3.46. The van der Waals surface area contributed by atoms with Crippen LogP contribution in [0.1, 0.15) is 49.9 Å². The quantitative estimate of drug-likeness (QED) is 0.857. The Kier molecular flexibility index (Phi) is 4.77. The Morgan fingerprint density at radius 2 is 2.32 bits per heavy atom. The molecule has 0 saturated heterocycles. The molecule has 2 atom stereocenters. The van der Waals surface area contributed by atoms with Crippen LogP contribution < -0.4 is 10.6 Å². The molecule has 0 radical (unpaired) electrons. The zero-order chi connectivity index (χ0) is 13.7. The molecule has 1 aliphatic rings. The topological polar surface area (TPSA) is 54.0 Å². The zero-order valence-electron chi connectivity index (χ0n) is 11.8. The maximum atomic E-state index is 12.3. The van der Waals surface area contributed by atoms with Crippen molar-refractivity contribution in [2.45, 2.75) is 45.6 Å². The average Bonchev–Trinajstić information content (AvgIpc) is 2.82. The summed E-state index contributed by atoms with van der Waals surface area (Å²) in [6, 6.07) is 2.18. The van der Waals surface area contributed by atoms with Gasteiger partial charge in [0.25, 0.3) is 5.91 Å². The van der Waals surface area contributed by atoms with Crippen molar-refractivity contribution in [2.75, 3.05) is 11.9 Å². The van der Waals surface area contributed by atoms with Crippen LogP contribution in [0.5, 0.6) is 0 Å². The Balaban J connectivity index is 2.05. The summed E-state index contributed by atoms with van der Waals surface area (Å²) < 4.78 is 0. The Bertz CT molecular complexity index is 433. The smallest absolute Gasteiger partial charge is 0.255 e. The number of hydrogen-bond acceptors (Lipinski definition) is 3. The van der Waals surface area contributed by atoms with Crippen molar-refractivity contribution in [3.05, 3.63) is 24.0 Å². The molecule has 1 heterocycles. The maximum Gasteiger partial charge on any atom is 0.255 e. The molecule has 2 N–H and O–H groups in total. The van der Waals surface area contributed by atoms with Crippen molar-refractivity contribution >= 4 is 11.6 Å². The monoisotopic (exact) mass is 261 g/mol. The number of hydrogen-bond donors (Lipinski definition) is 2. The molecule has 2 unspecified atom stereocenters. The Labute approximate surface area is 115 Å². The predicted molar refractivity (Wildman–Crippen MR) is 77.3 cm³/mol. The van der Waals surface area contributed by atoms with Crippen LogP contribution in [-0.4, -0.2) is 23.5 Å². The number of carbonyl (C=O) groups excluding carboxylic acids is 1. The first-order valence-corrected chi connectivity index (χ1v) is 7.21. The minimum Gasteiger partial charge on any atom is -0.384 e. The molecule has 104 valence electrons. The molecule has 0 aliphatic heterocycles. The summed E-state index contributed by atoms with van der Waals surface area (Å²) in [5.41, 5.74) is 1.52. The Morgan fingerprint density at radius 3 is 3.00 bits per heavy atom. The molecule has 1 amide bonds. The number of nitrogens with zero attached hydrogens (tertiary/aromatic N) is 1. The van der Waals surface area contributed by atoms with E-state index in [1.807, 2.05) is 6.07 Å². The highest BCUT2D eigenvalue weighted by Crippen LogP contribution is 2.25. The molecule has 2 rings (SSSR count). The average molecular weight is 261 g/mol. The van der Waals surface area contributed by atoms with Crippen molar-refractivity contribution in [1.82, 2.24) is 10.3 Å². The van der Waals surface area contributed by atoms with Crippen molar-refractivity contribution in [1.29, 1.82) is 0 Å². The van der Waals surface area contributed by atoms with Crippen molar-refractivity contribution in [3.63, 3.8) is 0 Å². The number of amides is 1. The maximum absolute atomic E-state index is 12.3. The van der Waals surface area contributed by atoms with E-state index >= 15 is 0 Å². The van der Waals surface area contributed by atoms with E-state index in [1.165, 1.54) is 12.8 Å². The molecule has 4 nitrogen and oxygen atoms in total. The second-order valence-corrected chi connectivity index (χ2v) is 5.34. The summed E-state index contributed by atoms with van der Waals surface area (Å²) >= 11 is 0. The number of pyridine rings is 1. The van der Waals surface area contributed by atoms with Crippen LogP contribution in [0.2, 0.25) is 0 Å². The van der Waals surface area contributed by atoms with Crippen LogP contribution >= 0.6 is 0 Å². The number of anilines is 1. The van der Waals surface area contributed by atoms with Gasteiger partial charge in [0, 0.05) is 25.0 Å². The summed E-state index contributed by atoms with van der Waals surface area (Å²) in [6.07, 6.45) is 7.90. The molecular formula is C15H23N3O. The fourth-order valence-electron chi connectivity index (χ4n) is 2.60. The summed E-state index contributed by atoms with van der Waals surface area (Å²) in [5.74, 6) is 0.568. The van der Waals surface area contributed by atoms with Gasteiger partial charge in [-0.05, 0) is 31.2 Å². The van der Waals surface area contributed by atoms with Gasteiger partial charge < -0.3 is 10.6 Å². The number of rotatable bonds is 5. The van der Waals surface area contributed by atoms with Gasteiger partial charge in [0.15, 0.2) is 0 Å². The first-order chi connectivity index (χ1) is 9.22. The molecule has 1 aromatic heterocycles. The van der Waals surface area contributed by atoms with Crippen molar-refractivity contribution in [3.8, 4) is 0 Å². The second-order valence-electron chi connectivity index (χ2n) is 5.34. The highest BCUT2D eigenvalue weighted by Gasteiger charge is 2.25. The fourth-order valence-corrected chi connectivity index (χ4v) is 2.60. The van der Waals surface area contributed by atoms with Gasteiger partial charge in [0.1, 0.15) is 0 Å². The Hall–Kier alpha value is -1.58. The van der Waals surface area contributed by atoms with Gasteiger partial charge in [-0.25, -0.2) is 0 Å². The number of nitrogens with one attached hydrogen (secondary N) is 2. The van der Waals surface area contributed by atoms with E-state index in [0.29, 0.717) is 17.5 Å². The van der Waals surface area contributed by atoms with Gasteiger partial charge in [0.2, 0.25) is 0 Å².